The van der Waals surface area contributed by atoms with E-state index in [-0.39, 0.29) is 24.4 Å². The van der Waals surface area contributed by atoms with Crippen molar-refractivity contribution in [2.45, 2.75) is 52.0 Å². The SMILES string of the molecule is CCN(C(=O)CN(C(C)=O)C1CCCCC1)c1ccccc1. The van der Waals surface area contributed by atoms with E-state index in [1.54, 1.807) is 16.7 Å². The lowest BCUT2D eigenvalue weighted by molar-refractivity contribution is -0.136. The van der Waals surface area contributed by atoms with Gasteiger partial charge < -0.3 is 9.80 Å². The summed E-state index contributed by atoms with van der Waals surface area (Å²) in [6.45, 7) is 4.33. The molecule has 0 aromatic heterocycles. The van der Waals surface area contributed by atoms with Crippen LogP contribution in [-0.2, 0) is 9.59 Å². The largest absolute Gasteiger partial charge is 0.331 e. The summed E-state index contributed by atoms with van der Waals surface area (Å²) in [7, 11) is 0. The van der Waals surface area contributed by atoms with Gasteiger partial charge in [0.2, 0.25) is 11.8 Å². The first-order valence-corrected chi connectivity index (χ1v) is 8.26. The number of hydrogen-bond acceptors (Lipinski definition) is 2. The van der Waals surface area contributed by atoms with E-state index in [1.165, 1.54) is 6.42 Å². The summed E-state index contributed by atoms with van der Waals surface area (Å²) < 4.78 is 0. The Labute approximate surface area is 133 Å². The number of carbonyl (C=O) groups is 2. The van der Waals surface area contributed by atoms with Crippen LogP contribution in [0.1, 0.15) is 46.0 Å². The molecule has 0 atom stereocenters. The van der Waals surface area contributed by atoms with Crippen LogP contribution >= 0.6 is 0 Å². The van der Waals surface area contributed by atoms with Crippen molar-refractivity contribution in [2.24, 2.45) is 0 Å². The van der Waals surface area contributed by atoms with E-state index in [0.717, 1.165) is 31.4 Å². The highest BCUT2D eigenvalue weighted by Gasteiger charge is 2.26. The van der Waals surface area contributed by atoms with Crippen molar-refractivity contribution < 1.29 is 9.59 Å². The van der Waals surface area contributed by atoms with E-state index in [1.807, 2.05) is 37.3 Å². The molecule has 0 unspecified atom stereocenters. The van der Waals surface area contributed by atoms with Gasteiger partial charge in [-0.1, -0.05) is 37.5 Å². The maximum Gasteiger partial charge on any atom is 0.246 e. The lowest BCUT2D eigenvalue weighted by Crippen LogP contribution is -2.47. The molecule has 1 aliphatic carbocycles. The topological polar surface area (TPSA) is 40.6 Å². The molecule has 2 rings (SSSR count). The zero-order chi connectivity index (χ0) is 15.9. The van der Waals surface area contributed by atoms with Crippen LogP contribution in [0.5, 0.6) is 0 Å². The third-order valence-electron chi connectivity index (χ3n) is 4.41. The minimum atomic E-state index is -0.00512. The quantitative estimate of drug-likeness (QED) is 0.838. The maximum absolute atomic E-state index is 12.7. The molecule has 1 aromatic carbocycles. The van der Waals surface area contributed by atoms with Gasteiger partial charge in [-0.2, -0.15) is 0 Å². The van der Waals surface area contributed by atoms with Gasteiger partial charge in [-0.3, -0.25) is 9.59 Å². The highest BCUT2D eigenvalue weighted by atomic mass is 16.2. The summed E-state index contributed by atoms with van der Waals surface area (Å²) in [5.41, 5.74) is 0.891. The molecular formula is C18H26N2O2. The second kappa shape index (κ2) is 7.97. The Balaban J connectivity index is 2.07. The fourth-order valence-electron chi connectivity index (χ4n) is 3.23. The predicted octanol–water partition coefficient (Wildman–Crippen LogP) is 3.22. The van der Waals surface area contributed by atoms with E-state index in [9.17, 15) is 9.59 Å². The molecule has 0 N–H and O–H groups in total. The highest BCUT2D eigenvalue weighted by molar-refractivity contribution is 5.96. The Bertz CT molecular complexity index is 495. The van der Waals surface area contributed by atoms with E-state index in [2.05, 4.69) is 0 Å². The summed E-state index contributed by atoms with van der Waals surface area (Å²) in [5.74, 6) is -0.00108. The van der Waals surface area contributed by atoms with E-state index in [0.29, 0.717) is 6.54 Å². The number of likely N-dealkylation sites (N-methyl/N-ethyl adjacent to an activating group) is 1. The maximum atomic E-state index is 12.7. The van der Waals surface area contributed by atoms with Crippen molar-refractivity contribution in [3.63, 3.8) is 0 Å². The minimum Gasteiger partial charge on any atom is -0.331 e. The highest BCUT2D eigenvalue weighted by Crippen LogP contribution is 2.23. The van der Waals surface area contributed by atoms with E-state index in [4.69, 9.17) is 0 Å². The zero-order valence-electron chi connectivity index (χ0n) is 13.6. The first kappa shape index (κ1) is 16.5. The van der Waals surface area contributed by atoms with Crippen LogP contribution < -0.4 is 4.90 Å². The molecule has 1 aromatic rings. The Morgan fingerprint density at radius 3 is 2.27 bits per heavy atom. The van der Waals surface area contributed by atoms with Crippen LogP contribution in [-0.4, -0.2) is 35.8 Å². The number of carbonyl (C=O) groups excluding carboxylic acids is 2. The lowest BCUT2D eigenvalue weighted by Gasteiger charge is -2.34. The molecule has 4 heteroatoms. The third kappa shape index (κ3) is 4.09. The summed E-state index contributed by atoms with van der Waals surface area (Å²) in [5, 5.41) is 0. The minimum absolute atomic E-state index is 0.00404. The molecule has 0 aliphatic heterocycles. The van der Waals surface area contributed by atoms with Crippen LogP contribution in [0.4, 0.5) is 5.69 Å². The number of nitrogens with zero attached hydrogens (tertiary/aromatic N) is 2. The Kier molecular flexibility index (Phi) is 5.99. The Morgan fingerprint density at radius 2 is 1.73 bits per heavy atom. The molecule has 120 valence electrons. The smallest absolute Gasteiger partial charge is 0.246 e. The van der Waals surface area contributed by atoms with Crippen molar-refractivity contribution in [2.75, 3.05) is 18.0 Å². The monoisotopic (exact) mass is 302 g/mol. The van der Waals surface area contributed by atoms with Crippen LogP contribution in [0, 0.1) is 0 Å². The standard InChI is InChI=1S/C18H26N2O2/c1-3-19(16-10-6-4-7-11-16)18(22)14-20(15(2)21)17-12-8-5-9-13-17/h4,6-7,10-11,17H,3,5,8-9,12-14H2,1-2H3. The van der Waals surface area contributed by atoms with Crippen molar-refractivity contribution in [1.29, 1.82) is 0 Å². The van der Waals surface area contributed by atoms with E-state index < -0.39 is 0 Å². The van der Waals surface area contributed by atoms with Gasteiger partial charge in [0.1, 0.15) is 6.54 Å². The fourth-order valence-corrected chi connectivity index (χ4v) is 3.23. The number of rotatable bonds is 5. The van der Waals surface area contributed by atoms with Gasteiger partial charge in [0.25, 0.3) is 0 Å². The zero-order valence-corrected chi connectivity index (χ0v) is 13.6. The summed E-state index contributed by atoms with van der Waals surface area (Å²) in [4.78, 5) is 28.2. The van der Waals surface area contributed by atoms with Crippen LogP contribution in [0.3, 0.4) is 0 Å². The first-order chi connectivity index (χ1) is 10.6. The summed E-state index contributed by atoms with van der Waals surface area (Å²) >= 11 is 0. The third-order valence-corrected chi connectivity index (χ3v) is 4.41. The Morgan fingerprint density at radius 1 is 1.09 bits per heavy atom. The molecule has 4 nitrogen and oxygen atoms in total. The molecule has 1 fully saturated rings. The van der Waals surface area contributed by atoms with Crippen LogP contribution in [0.15, 0.2) is 30.3 Å². The van der Waals surface area contributed by atoms with Gasteiger partial charge >= 0.3 is 0 Å². The second-order valence-corrected chi connectivity index (χ2v) is 5.91. The first-order valence-electron chi connectivity index (χ1n) is 8.26. The van der Waals surface area contributed by atoms with Crippen molar-refractivity contribution >= 4 is 17.5 Å². The Hall–Kier alpha value is -1.84. The van der Waals surface area contributed by atoms with E-state index >= 15 is 0 Å². The lowest BCUT2D eigenvalue weighted by atomic mass is 9.94. The van der Waals surface area contributed by atoms with Gasteiger partial charge in [0.05, 0.1) is 0 Å². The normalized spacial score (nSPS) is 15.4. The molecular weight excluding hydrogens is 276 g/mol. The summed E-state index contributed by atoms with van der Waals surface area (Å²) in [6.07, 6.45) is 5.58. The number of hydrogen-bond donors (Lipinski definition) is 0. The van der Waals surface area contributed by atoms with Gasteiger partial charge in [-0.15, -0.1) is 0 Å². The molecule has 0 heterocycles. The second-order valence-electron chi connectivity index (χ2n) is 5.91. The number of anilines is 1. The van der Waals surface area contributed by atoms with Crippen molar-refractivity contribution in [3.8, 4) is 0 Å². The molecule has 0 radical (unpaired) electrons. The van der Waals surface area contributed by atoms with Gasteiger partial charge in [0, 0.05) is 25.2 Å². The fraction of sp³-hybridized carbons (Fsp3) is 0.556. The molecule has 2 amide bonds. The molecule has 0 bridgehead atoms. The number of benzene rings is 1. The van der Waals surface area contributed by atoms with Crippen molar-refractivity contribution in [3.05, 3.63) is 30.3 Å². The van der Waals surface area contributed by atoms with Gasteiger partial charge in [-0.05, 0) is 31.9 Å². The van der Waals surface area contributed by atoms with Gasteiger partial charge in [-0.25, -0.2) is 0 Å². The molecule has 0 spiro atoms. The van der Waals surface area contributed by atoms with Crippen LogP contribution in [0.25, 0.3) is 0 Å². The van der Waals surface area contributed by atoms with Crippen molar-refractivity contribution in [1.82, 2.24) is 4.90 Å². The average Bonchev–Trinajstić information content (AvgIpc) is 2.55. The number of amides is 2. The molecule has 0 saturated heterocycles. The summed E-state index contributed by atoms with van der Waals surface area (Å²) in [6, 6.07) is 9.88. The van der Waals surface area contributed by atoms with Gasteiger partial charge in [0.15, 0.2) is 0 Å². The molecule has 22 heavy (non-hydrogen) atoms. The van der Waals surface area contributed by atoms with Crippen LogP contribution in [0.2, 0.25) is 0 Å². The number of para-hydroxylation sites is 1. The average molecular weight is 302 g/mol. The molecule has 1 saturated carbocycles. The molecule has 1 aliphatic rings. The predicted molar refractivity (Wildman–Crippen MR) is 88.7 cm³/mol.